The Kier molecular flexibility index (Phi) is 5.29. The summed E-state index contributed by atoms with van der Waals surface area (Å²) in [7, 11) is 0. The Bertz CT molecular complexity index is 910. The highest BCUT2D eigenvalue weighted by atomic mass is 35.5. The van der Waals surface area contributed by atoms with Crippen molar-refractivity contribution in [2.45, 2.75) is 13.3 Å². The van der Waals surface area contributed by atoms with Gasteiger partial charge in [-0.2, -0.15) is 0 Å². The maximum absolute atomic E-state index is 12.4. The Morgan fingerprint density at radius 2 is 2.00 bits per heavy atom. The van der Waals surface area contributed by atoms with Gasteiger partial charge in [-0.3, -0.25) is 4.79 Å². The number of carbonyl (C=O) groups excluding carboxylic acids is 1. The molecular formula is C22H20ClNO2. The third-order valence-electron chi connectivity index (χ3n) is 4.22. The van der Waals surface area contributed by atoms with Gasteiger partial charge < -0.3 is 10.1 Å². The summed E-state index contributed by atoms with van der Waals surface area (Å²) in [5.74, 6) is 0.677. The van der Waals surface area contributed by atoms with Crippen LogP contribution in [0.4, 0.5) is 5.69 Å². The Morgan fingerprint density at radius 1 is 1.27 bits per heavy atom. The fourth-order valence-electron chi connectivity index (χ4n) is 2.88. The van der Waals surface area contributed by atoms with Crippen LogP contribution in [0.25, 0.3) is 11.1 Å². The number of rotatable bonds is 5. The first-order valence-corrected chi connectivity index (χ1v) is 8.73. The van der Waals surface area contributed by atoms with E-state index in [0.29, 0.717) is 28.5 Å². The third-order valence-corrected chi connectivity index (χ3v) is 4.53. The fourth-order valence-corrected chi connectivity index (χ4v) is 3.17. The molecule has 132 valence electrons. The molecule has 1 aliphatic rings. The molecule has 1 aliphatic heterocycles. The number of hydrogen-bond acceptors (Lipinski definition) is 2. The maximum Gasteiger partial charge on any atom is 0.255 e. The van der Waals surface area contributed by atoms with E-state index in [0.717, 1.165) is 28.9 Å². The Balaban J connectivity index is 1.81. The first-order chi connectivity index (χ1) is 12.5. The standard InChI is InChI=1S/C22H20ClNO2/c1-4-5-18(14(2)3)22(25)24-17-8-6-15(7-9-17)19-13-21-16(10-11-26-21)12-20(19)23/h4-9,12-13H,1-2,10-11H2,3H3,(H,24,25)/b18-5+. The smallest absolute Gasteiger partial charge is 0.255 e. The van der Waals surface area contributed by atoms with Crippen LogP contribution in [-0.2, 0) is 11.2 Å². The number of anilines is 1. The summed E-state index contributed by atoms with van der Waals surface area (Å²) in [6, 6.07) is 11.5. The van der Waals surface area contributed by atoms with E-state index in [1.54, 1.807) is 19.1 Å². The average Bonchev–Trinajstić information content (AvgIpc) is 3.06. The van der Waals surface area contributed by atoms with Crippen LogP contribution in [0, 0.1) is 0 Å². The van der Waals surface area contributed by atoms with Crippen molar-refractivity contribution in [1.29, 1.82) is 0 Å². The van der Waals surface area contributed by atoms with Crippen molar-refractivity contribution in [2.75, 3.05) is 11.9 Å². The molecule has 0 saturated carbocycles. The zero-order valence-electron chi connectivity index (χ0n) is 14.6. The van der Waals surface area contributed by atoms with Crippen molar-refractivity contribution in [3.8, 4) is 16.9 Å². The van der Waals surface area contributed by atoms with Crippen LogP contribution in [0.3, 0.4) is 0 Å². The number of nitrogens with one attached hydrogen (secondary N) is 1. The number of allylic oxidation sites excluding steroid dienone is 2. The number of benzene rings is 2. The topological polar surface area (TPSA) is 38.3 Å². The van der Waals surface area contributed by atoms with Crippen molar-refractivity contribution >= 4 is 23.2 Å². The zero-order chi connectivity index (χ0) is 18.7. The average molecular weight is 366 g/mol. The normalized spacial score (nSPS) is 12.9. The highest BCUT2D eigenvalue weighted by Gasteiger charge is 2.16. The number of hydrogen-bond donors (Lipinski definition) is 1. The molecule has 0 saturated heterocycles. The minimum Gasteiger partial charge on any atom is -0.493 e. The lowest BCUT2D eigenvalue weighted by Gasteiger charge is -2.11. The number of halogens is 1. The van der Waals surface area contributed by atoms with E-state index in [1.165, 1.54) is 0 Å². The first kappa shape index (κ1) is 18.0. The Morgan fingerprint density at radius 3 is 2.65 bits per heavy atom. The van der Waals surface area contributed by atoms with Gasteiger partial charge in [0.2, 0.25) is 0 Å². The van der Waals surface area contributed by atoms with Gasteiger partial charge in [-0.05, 0) is 54.0 Å². The van der Waals surface area contributed by atoms with Crippen molar-refractivity contribution in [3.63, 3.8) is 0 Å². The lowest BCUT2D eigenvalue weighted by atomic mass is 10.0. The van der Waals surface area contributed by atoms with Gasteiger partial charge in [0.05, 0.1) is 6.61 Å². The van der Waals surface area contributed by atoms with Gasteiger partial charge in [-0.25, -0.2) is 0 Å². The van der Waals surface area contributed by atoms with Crippen molar-refractivity contribution in [1.82, 2.24) is 0 Å². The largest absolute Gasteiger partial charge is 0.493 e. The molecule has 0 bridgehead atoms. The van der Waals surface area contributed by atoms with Gasteiger partial charge in [0.25, 0.3) is 5.91 Å². The molecule has 0 radical (unpaired) electrons. The summed E-state index contributed by atoms with van der Waals surface area (Å²) in [6.45, 7) is 9.94. The minimum atomic E-state index is -0.214. The van der Waals surface area contributed by atoms with Crippen LogP contribution >= 0.6 is 11.6 Å². The van der Waals surface area contributed by atoms with E-state index in [-0.39, 0.29) is 5.91 Å². The SMILES string of the molecule is C=C/C=C(\C(=C)C)C(=O)Nc1ccc(-c2cc3c(cc2Cl)CCO3)cc1. The van der Waals surface area contributed by atoms with E-state index in [4.69, 9.17) is 16.3 Å². The lowest BCUT2D eigenvalue weighted by molar-refractivity contribution is -0.112. The van der Waals surface area contributed by atoms with Crippen LogP contribution in [0.15, 0.2) is 72.9 Å². The monoisotopic (exact) mass is 365 g/mol. The van der Waals surface area contributed by atoms with Crippen LogP contribution in [0.5, 0.6) is 5.75 Å². The molecule has 0 spiro atoms. The van der Waals surface area contributed by atoms with Gasteiger partial charge in [0, 0.05) is 28.3 Å². The third kappa shape index (κ3) is 3.73. The Labute approximate surface area is 158 Å². The minimum absolute atomic E-state index is 0.214. The molecule has 1 amide bonds. The van der Waals surface area contributed by atoms with Gasteiger partial charge in [-0.1, -0.05) is 43.0 Å². The van der Waals surface area contributed by atoms with Crippen LogP contribution in [-0.4, -0.2) is 12.5 Å². The van der Waals surface area contributed by atoms with Crippen molar-refractivity contribution < 1.29 is 9.53 Å². The molecule has 3 rings (SSSR count). The highest BCUT2D eigenvalue weighted by Crippen LogP contribution is 2.37. The number of amides is 1. The second-order valence-corrected chi connectivity index (χ2v) is 6.57. The zero-order valence-corrected chi connectivity index (χ0v) is 15.4. The molecule has 0 aromatic heterocycles. The molecule has 0 unspecified atom stereocenters. The van der Waals surface area contributed by atoms with Crippen molar-refractivity contribution in [2.24, 2.45) is 0 Å². The predicted molar refractivity (Wildman–Crippen MR) is 108 cm³/mol. The number of fused-ring (bicyclic) bond motifs is 1. The van der Waals surface area contributed by atoms with Crippen LogP contribution in [0.1, 0.15) is 12.5 Å². The maximum atomic E-state index is 12.4. The second kappa shape index (κ2) is 7.63. The quantitative estimate of drug-likeness (QED) is 0.555. The number of ether oxygens (including phenoxy) is 1. The molecule has 4 heteroatoms. The van der Waals surface area contributed by atoms with Gasteiger partial charge >= 0.3 is 0 Å². The molecule has 2 aromatic rings. The van der Waals surface area contributed by atoms with E-state index in [9.17, 15) is 4.79 Å². The van der Waals surface area contributed by atoms with E-state index in [1.807, 2.05) is 36.4 Å². The van der Waals surface area contributed by atoms with Crippen molar-refractivity contribution in [3.05, 3.63) is 83.4 Å². The summed E-state index contributed by atoms with van der Waals surface area (Å²) in [6.07, 6.45) is 4.12. The molecule has 1 heterocycles. The lowest BCUT2D eigenvalue weighted by Crippen LogP contribution is -2.14. The van der Waals surface area contributed by atoms with Crippen LogP contribution in [0.2, 0.25) is 5.02 Å². The molecule has 0 atom stereocenters. The molecule has 3 nitrogen and oxygen atoms in total. The predicted octanol–water partition coefficient (Wildman–Crippen LogP) is 5.57. The highest BCUT2D eigenvalue weighted by molar-refractivity contribution is 6.33. The number of carbonyl (C=O) groups is 1. The molecule has 2 aromatic carbocycles. The Hall–Kier alpha value is -2.78. The van der Waals surface area contributed by atoms with Crippen LogP contribution < -0.4 is 10.1 Å². The van der Waals surface area contributed by atoms with Gasteiger partial charge in [0.1, 0.15) is 5.75 Å². The summed E-state index contributed by atoms with van der Waals surface area (Å²) in [4.78, 5) is 12.4. The van der Waals surface area contributed by atoms with E-state index in [2.05, 4.69) is 18.5 Å². The van der Waals surface area contributed by atoms with Gasteiger partial charge in [-0.15, -0.1) is 0 Å². The summed E-state index contributed by atoms with van der Waals surface area (Å²) < 4.78 is 5.63. The summed E-state index contributed by atoms with van der Waals surface area (Å²) in [5, 5.41) is 3.57. The van der Waals surface area contributed by atoms with E-state index < -0.39 is 0 Å². The fraction of sp³-hybridized carbons (Fsp3) is 0.136. The molecule has 26 heavy (non-hydrogen) atoms. The molecule has 1 N–H and O–H groups in total. The first-order valence-electron chi connectivity index (χ1n) is 8.35. The molecular weight excluding hydrogens is 346 g/mol. The summed E-state index contributed by atoms with van der Waals surface area (Å²) >= 11 is 6.43. The summed E-state index contributed by atoms with van der Waals surface area (Å²) in [5.41, 5.74) is 4.91. The van der Waals surface area contributed by atoms with E-state index >= 15 is 0 Å². The molecule has 0 aliphatic carbocycles. The van der Waals surface area contributed by atoms with Gasteiger partial charge in [0.15, 0.2) is 0 Å². The second-order valence-electron chi connectivity index (χ2n) is 6.17. The molecule has 0 fully saturated rings.